The summed E-state index contributed by atoms with van der Waals surface area (Å²) in [5, 5.41) is 26.9. The zero-order valence-electron chi connectivity index (χ0n) is 9.85. The summed E-state index contributed by atoms with van der Waals surface area (Å²) in [4.78, 5) is 20.1. The summed E-state index contributed by atoms with van der Waals surface area (Å²) < 4.78 is 18.4. The molecule has 1 saturated heterocycles. The second-order valence-electron chi connectivity index (χ2n) is 2.79. The molecule has 1 aliphatic rings. The monoisotopic (exact) mass is 310 g/mol. The third kappa shape index (κ3) is 8.93. The fourth-order valence-electron chi connectivity index (χ4n) is 1.03. The van der Waals surface area contributed by atoms with Crippen molar-refractivity contribution < 1.29 is 109 Å². The average Bonchev–Trinajstić information content (AvgIpc) is 2.28. The molecule has 100 valence electrons. The largest absolute Gasteiger partial charge is 1.00 e. The van der Waals surface area contributed by atoms with E-state index in [0.717, 1.165) is 0 Å². The van der Waals surface area contributed by atoms with Crippen molar-refractivity contribution in [2.24, 2.45) is 0 Å². The van der Waals surface area contributed by atoms with Gasteiger partial charge in [-0.1, -0.05) is 0 Å². The fraction of sp³-hybridized carbons (Fsp3) is 1.00. The van der Waals surface area contributed by atoms with E-state index in [9.17, 15) is 14.4 Å². The number of aliphatic hydroxyl groups excluding tert-OH is 3. The van der Waals surface area contributed by atoms with Crippen LogP contribution >= 0.6 is 7.82 Å². The molecule has 1 rings (SSSR count). The molecule has 0 saturated carbocycles. The molecule has 1 fully saturated rings. The van der Waals surface area contributed by atoms with Gasteiger partial charge >= 0.3 is 59.1 Å². The predicted molar refractivity (Wildman–Crippen MR) is 43.7 cm³/mol. The Kier molecular flexibility index (Phi) is 18.0. The van der Waals surface area contributed by atoms with Gasteiger partial charge in [-0.3, -0.25) is 0 Å². The molecule has 0 aromatic rings. The fourth-order valence-corrected chi connectivity index (χ4v) is 1.36. The molecule has 1 heterocycles. The summed E-state index contributed by atoms with van der Waals surface area (Å²) in [6.07, 6.45) is -5.88. The first-order valence-electron chi connectivity index (χ1n) is 3.67. The topological polar surface area (TPSA) is 205 Å². The van der Waals surface area contributed by atoms with Gasteiger partial charge in [0.05, 0.1) is 14.4 Å². The van der Waals surface area contributed by atoms with Gasteiger partial charge in [0, 0.05) is 0 Å². The molecular formula is C5H13Na2O10P. The van der Waals surface area contributed by atoms with Crippen molar-refractivity contribution in [1.82, 2.24) is 0 Å². The van der Waals surface area contributed by atoms with Crippen LogP contribution in [0.3, 0.4) is 0 Å². The van der Waals surface area contributed by atoms with Gasteiger partial charge in [0.2, 0.25) is 0 Å². The number of phosphoric ester groups is 1. The third-order valence-corrected chi connectivity index (χ3v) is 2.20. The van der Waals surface area contributed by atoms with E-state index in [1.54, 1.807) is 0 Å². The summed E-state index contributed by atoms with van der Waals surface area (Å²) >= 11 is 0. The second kappa shape index (κ2) is 11.5. The maximum atomic E-state index is 10.0. The molecule has 0 aromatic heterocycles. The molecule has 0 spiro atoms. The van der Waals surface area contributed by atoms with Crippen LogP contribution in [-0.4, -0.2) is 57.5 Å². The summed E-state index contributed by atoms with van der Waals surface area (Å²) in [5.74, 6) is 0. The van der Waals surface area contributed by atoms with Gasteiger partial charge < -0.3 is 49.9 Å². The third-order valence-electron chi connectivity index (χ3n) is 1.73. The van der Waals surface area contributed by atoms with Crippen LogP contribution in [0.5, 0.6) is 0 Å². The Balaban J connectivity index is -0.000000245. The average molecular weight is 310 g/mol. The van der Waals surface area contributed by atoms with Crippen molar-refractivity contribution in [2.45, 2.75) is 24.6 Å². The maximum Gasteiger partial charge on any atom is 1.00 e. The first-order valence-corrected chi connectivity index (χ1v) is 5.13. The van der Waals surface area contributed by atoms with E-state index < -0.39 is 39.0 Å². The Morgan fingerprint density at radius 2 is 1.56 bits per heavy atom. The zero-order chi connectivity index (χ0) is 10.9. The molecule has 0 bridgehead atoms. The minimum Gasteiger partial charge on any atom is -0.790 e. The number of rotatable bonds is 3. The van der Waals surface area contributed by atoms with Crippen molar-refractivity contribution in [3.63, 3.8) is 0 Å². The van der Waals surface area contributed by atoms with Crippen molar-refractivity contribution in [1.29, 1.82) is 0 Å². The van der Waals surface area contributed by atoms with Crippen LogP contribution in [0.25, 0.3) is 0 Å². The molecule has 0 amide bonds. The molecule has 2 unspecified atom stereocenters. The molecule has 1 aliphatic heterocycles. The maximum absolute atomic E-state index is 10.0. The number of ether oxygens (including phenoxy) is 1. The van der Waals surface area contributed by atoms with E-state index in [4.69, 9.17) is 15.3 Å². The molecule has 0 radical (unpaired) electrons. The number of aliphatic hydroxyl groups is 3. The van der Waals surface area contributed by atoms with Crippen molar-refractivity contribution in [2.75, 3.05) is 6.61 Å². The van der Waals surface area contributed by atoms with E-state index in [0.29, 0.717) is 0 Å². The summed E-state index contributed by atoms with van der Waals surface area (Å²) in [6, 6.07) is 0. The van der Waals surface area contributed by atoms with E-state index in [1.165, 1.54) is 0 Å². The van der Waals surface area contributed by atoms with Gasteiger partial charge in [-0.25, -0.2) is 0 Å². The van der Waals surface area contributed by atoms with Gasteiger partial charge in [-0.15, -0.1) is 0 Å². The van der Waals surface area contributed by atoms with Gasteiger partial charge in [0.25, 0.3) is 0 Å². The molecule has 0 aliphatic carbocycles. The van der Waals surface area contributed by atoms with Crippen LogP contribution in [-0.2, 0) is 13.8 Å². The van der Waals surface area contributed by atoms with Crippen molar-refractivity contribution >= 4 is 7.82 Å². The Morgan fingerprint density at radius 3 is 1.83 bits per heavy atom. The normalized spacial score (nSPS) is 30.3. The molecule has 13 heteroatoms. The summed E-state index contributed by atoms with van der Waals surface area (Å²) in [7, 11) is -5.14. The van der Waals surface area contributed by atoms with Gasteiger partial charge in [-0.05, 0) is 0 Å². The Morgan fingerprint density at radius 1 is 1.11 bits per heavy atom. The Labute approximate surface area is 147 Å². The quantitative estimate of drug-likeness (QED) is 0.336. The Hall–Kier alpha value is 1.87. The molecule has 7 N–H and O–H groups in total. The molecule has 0 aromatic carbocycles. The molecular weight excluding hydrogens is 297 g/mol. The van der Waals surface area contributed by atoms with Crippen LogP contribution in [0.2, 0.25) is 0 Å². The van der Waals surface area contributed by atoms with E-state index in [-0.39, 0.29) is 70.1 Å². The molecule has 4 atom stereocenters. The number of phosphoric acid groups is 1. The zero-order valence-corrected chi connectivity index (χ0v) is 14.7. The van der Waals surface area contributed by atoms with E-state index >= 15 is 0 Å². The smallest absolute Gasteiger partial charge is 0.790 e. The van der Waals surface area contributed by atoms with E-state index in [2.05, 4.69) is 9.26 Å². The van der Waals surface area contributed by atoms with Crippen LogP contribution in [0.4, 0.5) is 0 Å². The first-order chi connectivity index (χ1) is 6.31. The minimum absolute atomic E-state index is 0. The van der Waals surface area contributed by atoms with Crippen molar-refractivity contribution in [3.8, 4) is 0 Å². The second-order valence-corrected chi connectivity index (χ2v) is 3.94. The van der Waals surface area contributed by atoms with Crippen LogP contribution in [0.15, 0.2) is 0 Å². The van der Waals surface area contributed by atoms with Gasteiger partial charge in [0.1, 0.15) is 18.3 Å². The summed E-state index contributed by atoms with van der Waals surface area (Å²) in [5.41, 5.74) is 0. The van der Waals surface area contributed by atoms with Crippen LogP contribution in [0, 0.1) is 0 Å². The predicted octanol–water partition coefficient (Wildman–Crippen LogP) is -11.4. The van der Waals surface area contributed by atoms with Gasteiger partial charge in [0.15, 0.2) is 6.29 Å². The summed E-state index contributed by atoms with van der Waals surface area (Å²) in [6.45, 7) is -0.737. The molecule has 18 heavy (non-hydrogen) atoms. The molecule has 10 nitrogen and oxygen atoms in total. The number of hydrogen-bond acceptors (Lipinski definition) is 8. The van der Waals surface area contributed by atoms with Crippen LogP contribution < -0.4 is 68.9 Å². The van der Waals surface area contributed by atoms with Crippen LogP contribution in [0.1, 0.15) is 0 Å². The number of hydrogen-bond donors (Lipinski definition) is 3. The van der Waals surface area contributed by atoms with E-state index in [1.807, 2.05) is 0 Å². The standard InChI is InChI=1S/C5H11O8P.2Na.2H2O/c6-3-2(1-12-14(9,10)11)13-5(8)4(3)7;;;;/h2-8H,1H2,(H2,9,10,11);;;2*1H2/q;2*+1;;/p-2/t2-,3+,4?,5?;;;;/m0..../s1. The SMILES string of the molecule is O.O.O=P([O-])([O-])OC[C@@H]1OC(O)C(O)[C@@H]1O.[Na+].[Na+]. The van der Waals surface area contributed by atoms with Crippen molar-refractivity contribution in [3.05, 3.63) is 0 Å². The van der Waals surface area contributed by atoms with Gasteiger partial charge in [-0.2, -0.15) is 0 Å². The Bertz CT molecular complexity index is 248. The first kappa shape index (κ1) is 28.1. The minimum atomic E-state index is -5.14.